The smallest absolute Gasteiger partial charge is 0.133 e. The van der Waals surface area contributed by atoms with Crippen molar-refractivity contribution in [2.45, 2.75) is 19.9 Å². The molecule has 0 spiro atoms. The van der Waals surface area contributed by atoms with Crippen LogP contribution in [0.15, 0.2) is 12.1 Å². The minimum Gasteiger partial charge on any atom is -0.383 e. The molecule has 0 unspecified atom stereocenters. The highest BCUT2D eigenvalue weighted by Gasteiger charge is 2.10. The van der Waals surface area contributed by atoms with Crippen LogP contribution in [0.5, 0.6) is 0 Å². The molecule has 0 radical (unpaired) electrons. The molecule has 1 rings (SSSR count). The van der Waals surface area contributed by atoms with Crippen molar-refractivity contribution in [1.29, 1.82) is 0 Å². The van der Waals surface area contributed by atoms with E-state index in [4.69, 9.17) is 4.74 Å². The van der Waals surface area contributed by atoms with E-state index in [1.807, 2.05) is 0 Å². The first-order valence-corrected chi connectivity index (χ1v) is 6.50. The number of ether oxygens (including phenoxy) is 1. The lowest BCUT2D eigenvalue weighted by molar-refractivity contribution is 0.199. The van der Waals surface area contributed by atoms with Gasteiger partial charge in [-0.05, 0) is 38.1 Å². The lowest BCUT2D eigenvalue weighted by Gasteiger charge is -2.09. The third kappa shape index (κ3) is 5.63. The Labute approximate surface area is 113 Å². The maximum atomic E-state index is 13.7. The van der Waals surface area contributed by atoms with Gasteiger partial charge in [-0.1, -0.05) is 6.07 Å². The number of hydrogen-bond acceptors (Lipinski definition) is 3. The summed E-state index contributed by atoms with van der Waals surface area (Å²) in [5.41, 5.74) is 0.590. The number of halogens is 2. The second-order valence-electron chi connectivity index (χ2n) is 4.43. The van der Waals surface area contributed by atoms with Crippen molar-refractivity contribution in [2.24, 2.45) is 0 Å². The van der Waals surface area contributed by atoms with Crippen LogP contribution >= 0.6 is 0 Å². The number of hydrogen-bond donors (Lipinski definition) is 2. The van der Waals surface area contributed by atoms with Crippen LogP contribution in [0, 0.1) is 18.6 Å². The van der Waals surface area contributed by atoms with Crippen molar-refractivity contribution in [2.75, 3.05) is 33.4 Å². The number of rotatable bonds is 9. The summed E-state index contributed by atoms with van der Waals surface area (Å²) in [5, 5.41) is 6.25. The maximum Gasteiger partial charge on any atom is 0.133 e. The second kappa shape index (κ2) is 8.96. The topological polar surface area (TPSA) is 33.3 Å². The molecule has 3 nitrogen and oxygen atoms in total. The van der Waals surface area contributed by atoms with Crippen LogP contribution in [-0.2, 0) is 11.3 Å². The van der Waals surface area contributed by atoms with Crippen LogP contribution in [0.3, 0.4) is 0 Å². The fourth-order valence-electron chi connectivity index (χ4n) is 1.73. The first-order valence-electron chi connectivity index (χ1n) is 6.50. The van der Waals surface area contributed by atoms with Crippen molar-refractivity contribution in [3.63, 3.8) is 0 Å². The molecular weight excluding hydrogens is 250 g/mol. The SMILES string of the molecule is COCCNCCCNCc1c(F)ccc(C)c1F. The Morgan fingerprint density at radius 2 is 1.84 bits per heavy atom. The van der Waals surface area contributed by atoms with Gasteiger partial charge in [0.15, 0.2) is 0 Å². The summed E-state index contributed by atoms with van der Waals surface area (Å²) in [7, 11) is 1.66. The Balaban J connectivity index is 2.21. The molecule has 5 heteroatoms. The van der Waals surface area contributed by atoms with Crippen molar-refractivity contribution >= 4 is 0 Å². The molecule has 0 saturated heterocycles. The fraction of sp³-hybridized carbons (Fsp3) is 0.571. The van der Waals surface area contributed by atoms with E-state index >= 15 is 0 Å². The van der Waals surface area contributed by atoms with Gasteiger partial charge >= 0.3 is 0 Å². The highest BCUT2D eigenvalue weighted by Crippen LogP contribution is 2.15. The molecule has 0 aromatic heterocycles. The summed E-state index contributed by atoms with van der Waals surface area (Å²) in [4.78, 5) is 0. The van der Waals surface area contributed by atoms with Crippen molar-refractivity contribution in [3.8, 4) is 0 Å². The molecule has 1 aromatic carbocycles. The molecule has 0 saturated carbocycles. The Morgan fingerprint density at radius 3 is 2.58 bits per heavy atom. The van der Waals surface area contributed by atoms with E-state index in [1.165, 1.54) is 12.1 Å². The van der Waals surface area contributed by atoms with E-state index in [2.05, 4.69) is 10.6 Å². The zero-order valence-corrected chi connectivity index (χ0v) is 11.6. The van der Waals surface area contributed by atoms with Crippen LogP contribution < -0.4 is 10.6 Å². The van der Waals surface area contributed by atoms with Crippen LogP contribution in [0.2, 0.25) is 0 Å². The summed E-state index contributed by atoms with van der Waals surface area (Å²) in [6.45, 7) is 4.93. The van der Waals surface area contributed by atoms with E-state index in [0.29, 0.717) is 18.7 Å². The lowest BCUT2D eigenvalue weighted by atomic mass is 10.1. The average Bonchev–Trinajstić information content (AvgIpc) is 2.40. The highest BCUT2D eigenvalue weighted by atomic mass is 19.1. The maximum absolute atomic E-state index is 13.7. The quantitative estimate of drug-likeness (QED) is 0.675. The lowest BCUT2D eigenvalue weighted by Crippen LogP contribution is -2.24. The number of aryl methyl sites for hydroxylation is 1. The van der Waals surface area contributed by atoms with Gasteiger partial charge in [0, 0.05) is 25.8 Å². The average molecular weight is 272 g/mol. The van der Waals surface area contributed by atoms with Crippen molar-refractivity contribution in [3.05, 3.63) is 34.9 Å². The molecule has 108 valence electrons. The summed E-state index contributed by atoms with van der Waals surface area (Å²) in [5.74, 6) is -0.945. The summed E-state index contributed by atoms with van der Waals surface area (Å²) in [6, 6.07) is 2.76. The van der Waals surface area contributed by atoms with Crippen molar-refractivity contribution in [1.82, 2.24) is 10.6 Å². The van der Waals surface area contributed by atoms with Gasteiger partial charge in [0.25, 0.3) is 0 Å². The summed E-state index contributed by atoms with van der Waals surface area (Å²) in [6.07, 6.45) is 0.902. The summed E-state index contributed by atoms with van der Waals surface area (Å²) >= 11 is 0. The molecule has 19 heavy (non-hydrogen) atoms. The predicted octanol–water partition coefficient (Wildman–Crippen LogP) is 1.99. The predicted molar refractivity (Wildman–Crippen MR) is 72.2 cm³/mol. The zero-order valence-electron chi connectivity index (χ0n) is 11.6. The minimum atomic E-state index is -0.492. The zero-order chi connectivity index (χ0) is 14.1. The second-order valence-corrected chi connectivity index (χ2v) is 4.43. The van der Waals surface area contributed by atoms with Gasteiger partial charge < -0.3 is 15.4 Å². The third-order valence-corrected chi connectivity index (χ3v) is 2.87. The molecular formula is C14H22F2N2O. The van der Waals surface area contributed by atoms with Gasteiger partial charge in [-0.3, -0.25) is 0 Å². The number of benzene rings is 1. The van der Waals surface area contributed by atoms with E-state index in [1.54, 1.807) is 14.0 Å². The van der Waals surface area contributed by atoms with E-state index in [-0.39, 0.29) is 12.1 Å². The molecule has 0 aliphatic heterocycles. The molecule has 0 atom stereocenters. The summed E-state index contributed by atoms with van der Waals surface area (Å²) < 4.78 is 32.0. The van der Waals surface area contributed by atoms with Gasteiger partial charge in [0.05, 0.1) is 6.61 Å². The van der Waals surface area contributed by atoms with E-state index in [9.17, 15) is 8.78 Å². The Kier molecular flexibility index (Phi) is 7.55. The van der Waals surface area contributed by atoms with Crippen LogP contribution in [0.4, 0.5) is 8.78 Å². The normalized spacial score (nSPS) is 10.9. The monoisotopic (exact) mass is 272 g/mol. The van der Waals surface area contributed by atoms with Crippen LogP contribution in [0.1, 0.15) is 17.5 Å². The molecule has 0 aliphatic carbocycles. The third-order valence-electron chi connectivity index (χ3n) is 2.87. The Hall–Kier alpha value is -1.04. The molecule has 2 N–H and O–H groups in total. The van der Waals surface area contributed by atoms with Crippen molar-refractivity contribution < 1.29 is 13.5 Å². The van der Waals surface area contributed by atoms with Crippen LogP contribution in [-0.4, -0.2) is 33.4 Å². The molecule has 0 heterocycles. The standard InChI is InChI=1S/C14H22F2N2O/c1-11-4-5-13(15)12(14(11)16)10-18-7-3-6-17-8-9-19-2/h4-5,17-18H,3,6-10H2,1-2H3. The minimum absolute atomic E-state index is 0.118. The van der Waals surface area contributed by atoms with Crippen LogP contribution in [0.25, 0.3) is 0 Å². The largest absolute Gasteiger partial charge is 0.383 e. The number of nitrogens with one attached hydrogen (secondary N) is 2. The van der Waals surface area contributed by atoms with Gasteiger partial charge in [-0.2, -0.15) is 0 Å². The van der Waals surface area contributed by atoms with E-state index < -0.39 is 11.6 Å². The van der Waals surface area contributed by atoms with E-state index in [0.717, 1.165) is 19.5 Å². The van der Waals surface area contributed by atoms with Gasteiger partial charge in [-0.15, -0.1) is 0 Å². The first-order chi connectivity index (χ1) is 9.16. The van der Waals surface area contributed by atoms with Gasteiger partial charge in [0.2, 0.25) is 0 Å². The first kappa shape index (κ1) is 16.0. The highest BCUT2D eigenvalue weighted by molar-refractivity contribution is 5.26. The molecule has 1 aromatic rings. The van der Waals surface area contributed by atoms with Gasteiger partial charge in [-0.25, -0.2) is 8.78 Å². The molecule has 0 bridgehead atoms. The molecule has 0 amide bonds. The molecule has 0 aliphatic rings. The Morgan fingerprint density at radius 1 is 1.11 bits per heavy atom. The molecule has 0 fully saturated rings. The fourth-order valence-corrected chi connectivity index (χ4v) is 1.73. The number of methoxy groups -OCH3 is 1. The Bertz CT molecular complexity index is 386. The van der Waals surface area contributed by atoms with Gasteiger partial charge in [0.1, 0.15) is 11.6 Å².